The van der Waals surface area contributed by atoms with Crippen LogP contribution in [0.25, 0.3) is 11.6 Å². The first-order chi connectivity index (χ1) is 6.40. The zero-order valence-corrected chi connectivity index (χ0v) is 6.97. The minimum absolute atomic E-state index is 0.499. The highest BCUT2D eigenvalue weighted by Crippen LogP contribution is 2.13. The molecule has 0 aromatic carbocycles. The number of nitrogens with zero attached hydrogens (tertiary/aromatic N) is 2. The van der Waals surface area contributed by atoms with Gasteiger partial charge in [0.1, 0.15) is 12.0 Å². The van der Waals surface area contributed by atoms with Gasteiger partial charge in [0.25, 0.3) is 0 Å². The minimum Gasteiger partial charge on any atom is -0.443 e. The number of hydrogen-bond acceptors (Lipinski definition) is 3. The molecule has 0 bridgehead atoms. The van der Waals surface area contributed by atoms with Crippen molar-refractivity contribution in [1.29, 1.82) is 0 Å². The predicted molar refractivity (Wildman–Crippen MR) is 47.7 cm³/mol. The van der Waals surface area contributed by atoms with E-state index in [1.807, 2.05) is 12.1 Å². The van der Waals surface area contributed by atoms with Crippen molar-refractivity contribution in [3.63, 3.8) is 0 Å². The maximum atomic E-state index is 5.44. The van der Waals surface area contributed by atoms with Crippen LogP contribution in [0.2, 0.25) is 0 Å². The fourth-order valence-electron chi connectivity index (χ4n) is 1.02. The highest BCUT2D eigenvalue weighted by Gasteiger charge is 2.02. The van der Waals surface area contributed by atoms with E-state index in [1.165, 1.54) is 6.26 Å². The molecule has 0 aliphatic carbocycles. The largest absolute Gasteiger partial charge is 0.443 e. The van der Waals surface area contributed by atoms with E-state index >= 15 is 0 Å². The summed E-state index contributed by atoms with van der Waals surface area (Å²) in [5, 5.41) is 0. The predicted octanol–water partition coefficient (Wildman–Crippen LogP) is 1.99. The summed E-state index contributed by atoms with van der Waals surface area (Å²) in [6, 6.07) is 3.75. The quantitative estimate of drug-likeness (QED) is 0.695. The Balaban J connectivity index is 2.33. The van der Waals surface area contributed by atoms with E-state index in [-0.39, 0.29) is 0 Å². The van der Waals surface area contributed by atoms with Gasteiger partial charge >= 0.3 is 0 Å². The monoisotopic (exact) mass is 172 g/mol. The van der Waals surface area contributed by atoms with Gasteiger partial charge in [-0.3, -0.25) is 4.98 Å². The summed E-state index contributed by atoms with van der Waals surface area (Å²) in [6.07, 6.45) is 5.33. The Morgan fingerprint density at radius 2 is 2.23 bits per heavy atom. The van der Waals surface area contributed by atoms with Crippen LogP contribution in [0.3, 0.4) is 0 Å². The number of aromatic nitrogens is 2. The molecule has 0 spiro atoms. The molecule has 0 saturated carbocycles. The van der Waals surface area contributed by atoms with Gasteiger partial charge in [0.05, 0.1) is 6.20 Å². The fourth-order valence-corrected chi connectivity index (χ4v) is 1.02. The summed E-state index contributed by atoms with van der Waals surface area (Å²) >= 11 is 0. The average molecular weight is 172 g/mol. The molecule has 2 heterocycles. The molecular weight excluding hydrogens is 164 g/mol. The Morgan fingerprint density at radius 3 is 2.77 bits per heavy atom. The molecule has 2 rings (SSSR count). The first-order valence-corrected chi connectivity index (χ1v) is 3.95. The Hall–Kier alpha value is -1.64. The van der Waals surface area contributed by atoms with E-state index in [0.29, 0.717) is 12.3 Å². The maximum Gasteiger partial charge on any atom is 0.244 e. The SMILES string of the molecule is [CH]Cc1ccc(-c2ncco2)nc1. The first kappa shape index (κ1) is 7.98. The van der Waals surface area contributed by atoms with Crippen LogP contribution < -0.4 is 0 Å². The van der Waals surface area contributed by atoms with Crippen molar-refractivity contribution in [3.05, 3.63) is 43.3 Å². The van der Waals surface area contributed by atoms with Crippen molar-refractivity contribution in [2.45, 2.75) is 6.42 Å². The Kier molecular flexibility index (Phi) is 2.08. The third kappa shape index (κ3) is 1.59. The summed E-state index contributed by atoms with van der Waals surface area (Å²) in [5.74, 6) is 0.531. The number of pyridine rings is 1. The van der Waals surface area contributed by atoms with Gasteiger partial charge in [-0.1, -0.05) is 6.07 Å². The fraction of sp³-hybridized carbons (Fsp3) is 0.100. The lowest BCUT2D eigenvalue weighted by Crippen LogP contribution is -1.86. The first-order valence-electron chi connectivity index (χ1n) is 3.95. The summed E-state index contributed by atoms with van der Waals surface area (Å²) in [7, 11) is 0. The number of hydrogen-bond donors (Lipinski definition) is 0. The molecule has 2 radical (unpaired) electrons. The Morgan fingerprint density at radius 1 is 1.31 bits per heavy atom. The zero-order chi connectivity index (χ0) is 9.10. The molecular formula is C10H8N2O. The lowest BCUT2D eigenvalue weighted by molar-refractivity contribution is 0.572. The van der Waals surface area contributed by atoms with Crippen LogP contribution in [0.4, 0.5) is 0 Å². The number of oxazole rings is 1. The van der Waals surface area contributed by atoms with Crippen LogP contribution in [-0.4, -0.2) is 9.97 Å². The molecule has 3 nitrogen and oxygen atoms in total. The van der Waals surface area contributed by atoms with Crippen molar-refractivity contribution >= 4 is 0 Å². The van der Waals surface area contributed by atoms with Crippen LogP contribution in [0.1, 0.15) is 5.56 Å². The van der Waals surface area contributed by atoms with Crippen molar-refractivity contribution < 1.29 is 4.42 Å². The van der Waals surface area contributed by atoms with Gasteiger partial charge in [0.15, 0.2) is 0 Å². The minimum atomic E-state index is 0.499. The van der Waals surface area contributed by atoms with Gasteiger partial charge < -0.3 is 4.42 Å². The second kappa shape index (κ2) is 3.39. The van der Waals surface area contributed by atoms with E-state index in [4.69, 9.17) is 11.3 Å². The molecule has 3 heteroatoms. The van der Waals surface area contributed by atoms with Gasteiger partial charge in [-0.25, -0.2) is 4.98 Å². The molecule has 2 aromatic rings. The summed E-state index contributed by atoms with van der Waals surface area (Å²) in [4.78, 5) is 8.14. The van der Waals surface area contributed by atoms with Crippen LogP contribution >= 0.6 is 0 Å². The van der Waals surface area contributed by atoms with Crippen LogP contribution in [0.5, 0.6) is 0 Å². The molecule has 0 aliphatic rings. The van der Waals surface area contributed by atoms with Crippen LogP contribution in [0, 0.1) is 6.92 Å². The van der Waals surface area contributed by atoms with Gasteiger partial charge in [-0.2, -0.15) is 0 Å². The van der Waals surface area contributed by atoms with Crippen molar-refractivity contribution in [1.82, 2.24) is 9.97 Å². The highest BCUT2D eigenvalue weighted by atomic mass is 16.3. The molecule has 0 fully saturated rings. The van der Waals surface area contributed by atoms with Crippen molar-refractivity contribution in [2.24, 2.45) is 0 Å². The number of rotatable bonds is 2. The van der Waals surface area contributed by atoms with Crippen LogP contribution in [0.15, 0.2) is 35.2 Å². The molecule has 0 aliphatic heterocycles. The molecule has 0 atom stereocenters. The van der Waals surface area contributed by atoms with Gasteiger partial charge in [-0.15, -0.1) is 0 Å². The molecule has 0 unspecified atom stereocenters. The van der Waals surface area contributed by atoms with Crippen molar-refractivity contribution in [3.8, 4) is 11.6 Å². The zero-order valence-electron chi connectivity index (χ0n) is 6.97. The van der Waals surface area contributed by atoms with E-state index in [2.05, 4.69) is 9.97 Å². The van der Waals surface area contributed by atoms with E-state index in [0.717, 1.165) is 11.3 Å². The van der Waals surface area contributed by atoms with Gasteiger partial charge in [0.2, 0.25) is 5.89 Å². The van der Waals surface area contributed by atoms with Crippen LogP contribution in [-0.2, 0) is 6.42 Å². The van der Waals surface area contributed by atoms with E-state index in [9.17, 15) is 0 Å². The third-order valence-corrected chi connectivity index (χ3v) is 1.71. The van der Waals surface area contributed by atoms with Gasteiger partial charge in [0, 0.05) is 6.20 Å². The molecule has 0 N–H and O–H groups in total. The molecule has 0 amide bonds. The smallest absolute Gasteiger partial charge is 0.244 e. The second-order valence-corrected chi connectivity index (χ2v) is 2.59. The van der Waals surface area contributed by atoms with E-state index < -0.39 is 0 Å². The molecule has 13 heavy (non-hydrogen) atoms. The van der Waals surface area contributed by atoms with E-state index in [1.54, 1.807) is 12.4 Å². The second-order valence-electron chi connectivity index (χ2n) is 2.59. The lowest BCUT2D eigenvalue weighted by atomic mass is 10.2. The summed E-state index contributed by atoms with van der Waals surface area (Å²) in [5.41, 5.74) is 1.72. The van der Waals surface area contributed by atoms with Crippen molar-refractivity contribution in [2.75, 3.05) is 0 Å². The maximum absolute atomic E-state index is 5.44. The molecule has 0 saturated heterocycles. The molecule has 2 aromatic heterocycles. The van der Waals surface area contributed by atoms with Gasteiger partial charge in [-0.05, 0) is 25.0 Å². The lowest BCUT2D eigenvalue weighted by Gasteiger charge is -1.96. The average Bonchev–Trinajstić information content (AvgIpc) is 2.71. The third-order valence-electron chi connectivity index (χ3n) is 1.71. The summed E-state index contributed by atoms with van der Waals surface area (Å²) < 4.78 is 5.09. The Labute approximate surface area is 76.5 Å². The topological polar surface area (TPSA) is 38.9 Å². The molecule has 64 valence electrons. The Bertz CT molecular complexity index is 364. The summed E-state index contributed by atoms with van der Waals surface area (Å²) in [6.45, 7) is 5.44. The highest BCUT2D eigenvalue weighted by molar-refractivity contribution is 5.46. The standard InChI is InChI=1S/C10H8N2O/c1-2-8-3-4-9(12-7-8)10-11-5-6-13-10/h1,3-7H,2H2. The normalized spacial score (nSPS) is 10.2.